The number of likely N-dealkylation sites (N-methyl/N-ethyl adjacent to an activating group) is 1. The topological polar surface area (TPSA) is 35.9 Å². The smallest absolute Gasteiger partial charge is 0.134 e. The van der Waals surface area contributed by atoms with Gasteiger partial charge in [-0.1, -0.05) is 17.9 Å². The number of aliphatic hydroxyl groups excluding tert-OH is 1. The molecule has 4 heteroatoms. The van der Waals surface area contributed by atoms with E-state index in [0.717, 1.165) is 37.5 Å². The molecule has 1 saturated heterocycles. The van der Waals surface area contributed by atoms with Gasteiger partial charge in [0.2, 0.25) is 0 Å². The second kappa shape index (κ2) is 7.46. The Balaban J connectivity index is 2.13. The third kappa shape index (κ3) is 4.21. The van der Waals surface area contributed by atoms with E-state index in [0.29, 0.717) is 6.04 Å². The molecule has 0 saturated carbocycles. The fourth-order valence-corrected chi connectivity index (χ4v) is 2.73. The van der Waals surface area contributed by atoms with Crippen LogP contribution in [-0.2, 0) is 6.54 Å². The SMILES string of the molecule is COc1ccc(CN2CCN(C)CC2C)cc1C#CCO. The van der Waals surface area contributed by atoms with Gasteiger partial charge in [-0.3, -0.25) is 4.90 Å². The molecule has 2 rings (SSSR count). The van der Waals surface area contributed by atoms with Crippen molar-refractivity contribution in [3.05, 3.63) is 29.3 Å². The van der Waals surface area contributed by atoms with Crippen LogP contribution in [0.1, 0.15) is 18.1 Å². The average Bonchev–Trinajstić information content (AvgIpc) is 2.48. The van der Waals surface area contributed by atoms with Gasteiger partial charge < -0.3 is 14.7 Å². The summed E-state index contributed by atoms with van der Waals surface area (Å²) in [5, 5.41) is 8.85. The molecule has 1 N–H and O–H groups in total. The van der Waals surface area contributed by atoms with Gasteiger partial charge in [0.15, 0.2) is 0 Å². The largest absolute Gasteiger partial charge is 0.495 e. The number of methoxy groups -OCH3 is 1. The zero-order valence-corrected chi connectivity index (χ0v) is 13.1. The molecular weight excluding hydrogens is 264 g/mol. The predicted molar refractivity (Wildman–Crippen MR) is 84.3 cm³/mol. The van der Waals surface area contributed by atoms with Gasteiger partial charge in [-0.15, -0.1) is 0 Å². The van der Waals surface area contributed by atoms with Gasteiger partial charge >= 0.3 is 0 Å². The Bertz CT molecular complexity index is 533. The van der Waals surface area contributed by atoms with Crippen LogP contribution < -0.4 is 4.74 Å². The summed E-state index contributed by atoms with van der Waals surface area (Å²) in [6.07, 6.45) is 0. The van der Waals surface area contributed by atoms with Crippen LogP contribution in [0, 0.1) is 11.8 Å². The maximum atomic E-state index is 8.85. The summed E-state index contributed by atoms with van der Waals surface area (Å²) < 4.78 is 5.32. The van der Waals surface area contributed by atoms with Gasteiger partial charge in [-0.2, -0.15) is 0 Å². The molecule has 1 aromatic rings. The molecular formula is C17H24N2O2. The number of benzene rings is 1. The van der Waals surface area contributed by atoms with E-state index >= 15 is 0 Å². The van der Waals surface area contributed by atoms with Crippen molar-refractivity contribution < 1.29 is 9.84 Å². The minimum absolute atomic E-state index is 0.136. The van der Waals surface area contributed by atoms with Gasteiger partial charge in [0.05, 0.1) is 12.7 Å². The van der Waals surface area contributed by atoms with E-state index in [2.05, 4.69) is 47.7 Å². The van der Waals surface area contributed by atoms with Crippen molar-refractivity contribution in [1.29, 1.82) is 0 Å². The normalized spacial score (nSPS) is 19.9. The second-order valence-corrected chi connectivity index (χ2v) is 5.58. The molecule has 1 unspecified atom stereocenters. The monoisotopic (exact) mass is 288 g/mol. The van der Waals surface area contributed by atoms with Crippen molar-refractivity contribution in [2.75, 3.05) is 40.4 Å². The Morgan fingerprint density at radius 3 is 2.86 bits per heavy atom. The lowest BCUT2D eigenvalue weighted by Gasteiger charge is -2.38. The number of rotatable bonds is 3. The molecule has 0 bridgehead atoms. The van der Waals surface area contributed by atoms with Crippen molar-refractivity contribution in [3.8, 4) is 17.6 Å². The Labute approximate surface area is 127 Å². The number of aliphatic hydroxyl groups is 1. The molecule has 4 nitrogen and oxygen atoms in total. The molecule has 1 heterocycles. The standard InChI is InChI=1S/C17H24N2O2/c1-14-12-18(2)8-9-19(14)13-15-6-7-17(21-3)16(11-15)5-4-10-20/h6-7,11,14,20H,8-10,12-13H2,1-3H3. The first kappa shape index (κ1) is 15.8. The highest BCUT2D eigenvalue weighted by molar-refractivity contribution is 5.48. The minimum atomic E-state index is -0.136. The van der Waals surface area contributed by atoms with E-state index in [1.54, 1.807) is 7.11 Å². The van der Waals surface area contributed by atoms with Crippen LogP contribution in [0.5, 0.6) is 5.75 Å². The fraction of sp³-hybridized carbons (Fsp3) is 0.529. The first-order valence-corrected chi connectivity index (χ1v) is 7.33. The molecule has 0 aromatic heterocycles. The summed E-state index contributed by atoms with van der Waals surface area (Å²) in [4.78, 5) is 4.86. The highest BCUT2D eigenvalue weighted by Gasteiger charge is 2.21. The Morgan fingerprint density at radius 2 is 2.19 bits per heavy atom. The van der Waals surface area contributed by atoms with Crippen LogP contribution in [0.25, 0.3) is 0 Å². The van der Waals surface area contributed by atoms with E-state index in [-0.39, 0.29) is 6.61 Å². The van der Waals surface area contributed by atoms with Crippen LogP contribution in [0.3, 0.4) is 0 Å². The Kier molecular flexibility index (Phi) is 5.63. The van der Waals surface area contributed by atoms with Crippen molar-refractivity contribution in [2.45, 2.75) is 19.5 Å². The molecule has 0 radical (unpaired) electrons. The van der Waals surface area contributed by atoms with Gasteiger partial charge in [0, 0.05) is 32.2 Å². The zero-order chi connectivity index (χ0) is 15.2. The molecule has 0 amide bonds. The molecule has 1 aliphatic heterocycles. The molecule has 0 spiro atoms. The summed E-state index contributed by atoms with van der Waals surface area (Å²) in [5.41, 5.74) is 2.07. The number of hydrogen-bond acceptors (Lipinski definition) is 4. The lowest BCUT2D eigenvalue weighted by atomic mass is 10.1. The maximum Gasteiger partial charge on any atom is 0.134 e. The predicted octanol–water partition coefficient (Wildman–Crippen LogP) is 1.17. The lowest BCUT2D eigenvalue weighted by Crippen LogP contribution is -2.49. The average molecular weight is 288 g/mol. The number of ether oxygens (including phenoxy) is 1. The summed E-state index contributed by atoms with van der Waals surface area (Å²) in [6, 6.07) is 6.66. The maximum absolute atomic E-state index is 8.85. The van der Waals surface area contributed by atoms with Gasteiger partial charge in [-0.25, -0.2) is 0 Å². The van der Waals surface area contributed by atoms with E-state index in [9.17, 15) is 0 Å². The van der Waals surface area contributed by atoms with Crippen LogP contribution in [0.15, 0.2) is 18.2 Å². The summed E-state index contributed by atoms with van der Waals surface area (Å²) >= 11 is 0. The van der Waals surface area contributed by atoms with E-state index in [1.165, 1.54) is 5.56 Å². The highest BCUT2D eigenvalue weighted by Crippen LogP contribution is 2.21. The van der Waals surface area contributed by atoms with Gasteiger partial charge in [0.25, 0.3) is 0 Å². The molecule has 1 aromatic carbocycles. The van der Waals surface area contributed by atoms with Gasteiger partial charge in [0.1, 0.15) is 12.4 Å². The quantitative estimate of drug-likeness (QED) is 0.847. The number of piperazine rings is 1. The molecule has 1 aliphatic rings. The van der Waals surface area contributed by atoms with Crippen LogP contribution >= 0.6 is 0 Å². The van der Waals surface area contributed by atoms with Crippen molar-refractivity contribution in [3.63, 3.8) is 0 Å². The van der Waals surface area contributed by atoms with Crippen molar-refractivity contribution in [2.24, 2.45) is 0 Å². The molecule has 114 valence electrons. The first-order valence-electron chi connectivity index (χ1n) is 7.33. The van der Waals surface area contributed by atoms with E-state index < -0.39 is 0 Å². The minimum Gasteiger partial charge on any atom is -0.495 e. The van der Waals surface area contributed by atoms with Crippen molar-refractivity contribution >= 4 is 0 Å². The summed E-state index contributed by atoms with van der Waals surface area (Å²) in [7, 11) is 3.81. The highest BCUT2D eigenvalue weighted by atomic mass is 16.5. The first-order chi connectivity index (χ1) is 10.1. The molecule has 1 atom stereocenters. The second-order valence-electron chi connectivity index (χ2n) is 5.58. The molecule has 1 fully saturated rings. The zero-order valence-electron chi connectivity index (χ0n) is 13.1. The summed E-state index contributed by atoms with van der Waals surface area (Å²) in [5.74, 6) is 6.40. The number of nitrogens with zero attached hydrogens (tertiary/aromatic N) is 2. The summed E-state index contributed by atoms with van der Waals surface area (Å²) in [6.45, 7) is 6.35. The fourth-order valence-electron chi connectivity index (χ4n) is 2.73. The van der Waals surface area contributed by atoms with E-state index in [1.807, 2.05) is 6.07 Å². The van der Waals surface area contributed by atoms with Crippen LogP contribution in [0.2, 0.25) is 0 Å². The van der Waals surface area contributed by atoms with Crippen LogP contribution in [-0.4, -0.2) is 61.3 Å². The molecule has 0 aliphatic carbocycles. The van der Waals surface area contributed by atoms with Gasteiger partial charge in [-0.05, 0) is 31.7 Å². The number of hydrogen-bond donors (Lipinski definition) is 1. The lowest BCUT2D eigenvalue weighted by molar-refractivity contribution is 0.0938. The molecule has 21 heavy (non-hydrogen) atoms. The third-order valence-electron chi connectivity index (χ3n) is 3.92. The third-order valence-corrected chi connectivity index (χ3v) is 3.92. The van der Waals surface area contributed by atoms with Crippen LogP contribution in [0.4, 0.5) is 0 Å². The Hall–Kier alpha value is -1.54. The van der Waals surface area contributed by atoms with E-state index in [4.69, 9.17) is 9.84 Å². The van der Waals surface area contributed by atoms with Crippen molar-refractivity contribution in [1.82, 2.24) is 9.80 Å². The Morgan fingerprint density at radius 1 is 1.38 bits per heavy atom.